The van der Waals surface area contributed by atoms with Gasteiger partial charge in [-0.3, -0.25) is 0 Å². The van der Waals surface area contributed by atoms with Crippen LogP contribution in [0.15, 0.2) is 30.3 Å². The van der Waals surface area contributed by atoms with Crippen molar-refractivity contribution in [1.29, 1.82) is 0 Å². The Labute approximate surface area is 123 Å². The van der Waals surface area contributed by atoms with E-state index in [2.05, 4.69) is 70.3 Å². The first-order valence-corrected chi connectivity index (χ1v) is 7.89. The van der Waals surface area contributed by atoms with Gasteiger partial charge in [0.15, 0.2) is 0 Å². The van der Waals surface area contributed by atoms with Crippen molar-refractivity contribution in [2.45, 2.75) is 59.2 Å². The van der Waals surface area contributed by atoms with Gasteiger partial charge in [0.25, 0.3) is 0 Å². The lowest BCUT2D eigenvalue weighted by Crippen LogP contribution is -2.61. The van der Waals surface area contributed by atoms with Gasteiger partial charge in [-0.1, -0.05) is 58.0 Å². The number of nitrogens with one attached hydrogen (secondary N) is 1. The highest BCUT2D eigenvalue weighted by molar-refractivity contribution is 5.20. The van der Waals surface area contributed by atoms with Crippen molar-refractivity contribution in [2.24, 2.45) is 11.3 Å². The highest BCUT2D eigenvalue weighted by atomic mass is 16.5. The van der Waals surface area contributed by atoms with Gasteiger partial charge in [-0.2, -0.15) is 0 Å². The first-order chi connectivity index (χ1) is 9.46. The number of benzene rings is 1. The highest BCUT2D eigenvalue weighted by Gasteiger charge is 2.49. The van der Waals surface area contributed by atoms with Crippen LogP contribution in [0.4, 0.5) is 0 Å². The van der Waals surface area contributed by atoms with E-state index in [1.807, 2.05) is 0 Å². The maximum atomic E-state index is 5.83. The second kappa shape index (κ2) is 6.28. The molecule has 1 saturated carbocycles. The van der Waals surface area contributed by atoms with Crippen molar-refractivity contribution < 1.29 is 4.74 Å². The number of rotatable bonds is 6. The minimum Gasteiger partial charge on any atom is -0.378 e. The van der Waals surface area contributed by atoms with Crippen LogP contribution in [0.2, 0.25) is 0 Å². The molecule has 0 amide bonds. The summed E-state index contributed by atoms with van der Waals surface area (Å²) in [4.78, 5) is 0. The first kappa shape index (κ1) is 15.5. The molecule has 2 heteroatoms. The van der Waals surface area contributed by atoms with Crippen molar-refractivity contribution >= 4 is 0 Å². The SMILES string of the molecule is CCOC1CC(NC(c2ccccc2)C(C)C)C1(C)C. The average Bonchev–Trinajstić information content (AvgIpc) is 2.42. The van der Waals surface area contributed by atoms with Crippen LogP contribution in [0.5, 0.6) is 0 Å². The summed E-state index contributed by atoms with van der Waals surface area (Å²) in [5.41, 5.74) is 1.61. The molecule has 0 saturated heterocycles. The summed E-state index contributed by atoms with van der Waals surface area (Å²) < 4.78 is 5.83. The van der Waals surface area contributed by atoms with Crippen LogP contribution in [0.25, 0.3) is 0 Å². The molecule has 0 radical (unpaired) electrons. The maximum Gasteiger partial charge on any atom is 0.0655 e. The van der Waals surface area contributed by atoms with E-state index >= 15 is 0 Å². The molecule has 0 spiro atoms. The zero-order chi connectivity index (χ0) is 14.8. The highest BCUT2D eigenvalue weighted by Crippen LogP contribution is 2.44. The van der Waals surface area contributed by atoms with Crippen molar-refractivity contribution in [3.05, 3.63) is 35.9 Å². The Balaban J connectivity index is 2.04. The molecule has 2 rings (SSSR count). The summed E-state index contributed by atoms with van der Waals surface area (Å²) in [6.07, 6.45) is 1.52. The van der Waals surface area contributed by atoms with Crippen molar-refractivity contribution in [2.75, 3.05) is 6.61 Å². The molecule has 0 aromatic heterocycles. The van der Waals surface area contributed by atoms with E-state index in [0.29, 0.717) is 24.1 Å². The lowest BCUT2D eigenvalue weighted by molar-refractivity contribution is -0.117. The zero-order valence-corrected chi connectivity index (χ0v) is 13.5. The summed E-state index contributed by atoms with van der Waals surface area (Å²) in [7, 11) is 0. The normalized spacial score (nSPS) is 26.3. The quantitative estimate of drug-likeness (QED) is 0.841. The Morgan fingerprint density at radius 1 is 1.25 bits per heavy atom. The molecule has 0 aliphatic heterocycles. The summed E-state index contributed by atoms with van der Waals surface area (Å²) in [6.45, 7) is 12.1. The predicted octanol–water partition coefficient (Wildman–Crippen LogP) is 4.18. The van der Waals surface area contributed by atoms with Gasteiger partial charge in [-0.25, -0.2) is 0 Å². The largest absolute Gasteiger partial charge is 0.378 e. The second-order valence-corrected chi connectivity index (χ2v) is 6.85. The average molecular weight is 275 g/mol. The van der Waals surface area contributed by atoms with Gasteiger partial charge in [0.1, 0.15) is 0 Å². The Morgan fingerprint density at radius 3 is 2.40 bits per heavy atom. The van der Waals surface area contributed by atoms with Crippen molar-refractivity contribution in [1.82, 2.24) is 5.32 Å². The van der Waals surface area contributed by atoms with Crippen molar-refractivity contribution in [3.63, 3.8) is 0 Å². The van der Waals surface area contributed by atoms with Gasteiger partial charge in [0.05, 0.1) is 6.10 Å². The molecule has 1 aromatic rings. The molecule has 1 aliphatic carbocycles. The monoisotopic (exact) mass is 275 g/mol. The topological polar surface area (TPSA) is 21.3 Å². The summed E-state index contributed by atoms with van der Waals surface area (Å²) in [5.74, 6) is 0.583. The fourth-order valence-electron chi connectivity index (χ4n) is 3.20. The number of hydrogen-bond donors (Lipinski definition) is 1. The van der Waals surface area contributed by atoms with Gasteiger partial charge in [0, 0.05) is 24.1 Å². The molecule has 2 nitrogen and oxygen atoms in total. The van der Waals surface area contributed by atoms with E-state index in [9.17, 15) is 0 Å². The molecule has 1 fully saturated rings. The molecular formula is C18H29NO. The van der Waals surface area contributed by atoms with E-state index < -0.39 is 0 Å². The molecular weight excluding hydrogens is 246 g/mol. The third kappa shape index (κ3) is 3.07. The van der Waals surface area contributed by atoms with Crippen LogP contribution in [-0.4, -0.2) is 18.8 Å². The second-order valence-electron chi connectivity index (χ2n) is 6.85. The Bertz CT molecular complexity index is 413. The van der Waals surface area contributed by atoms with E-state index in [-0.39, 0.29) is 5.41 Å². The van der Waals surface area contributed by atoms with Crippen LogP contribution < -0.4 is 5.32 Å². The Kier molecular flexibility index (Phi) is 4.87. The smallest absolute Gasteiger partial charge is 0.0655 e. The lowest BCUT2D eigenvalue weighted by atomic mass is 9.64. The summed E-state index contributed by atoms with van der Waals surface area (Å²) in [5, 5.41) is 3.87. The molecule has 1 N–H and O–H groups in total. The molecule has 1 aliphatic rings. The van der Waals surface area contributed by atoms with Gasteiger partial charge in [0.2, 0.25) is 0 Å². The lowest BCUT2D eigenvalue weighted by Gasteiger charge is -2.53. The molecule has 3 unspecified atom stereocenters. The predicted molar refractivity (Wildman–Crippen MR) is 84.8 cm³/mol. The van der Waals surface area contributed by atoms with Crippen molar-refractivity contribution in [3.8, 4) is 0 Å². The third-order valence-corrected chi connectivity index (χ3v) is 4.75. The standard InChI is InChI=1S/C18H29NO/c1-6-20-16-12-15(18(16,4)5)19-17(13(2)3)14-10-8-7-9-11-14/h7-11,13,15-17,19H,6,12H2,1-5H3. The first-order valence-electron chi connectivity index (χ1n) is 7.89. The van der Waals surface area contributed by atoms with E-state index in [1.54, 1.807) is 0 Å². The maximum absolute atomic E-state index is 5.83. The number of ether oxygens (including phenoxy) is 1. The van der Waals surface area contributed by atoms with Gasteiger partial charge < -0.3 is 10.1 Å². The van der Waals surface area contributed by atoms with Gasteiger partial charge in [-0.05, 0) is 24.8 Å². The molecule has 20 heavy (non-hydrogen) atoms. The summed E-state index contributed by atoms with van der Waals surface area (Å²) in [6, 6.07) is 11.7. The van der Waals surface area contributed by atoms with Crippen LogP contribution >= 0.6 is 0 Å². The minimum absolute atomic E-state index is 0.220. The molecule has 112 valence electrons. The Hall–Kier alpha value is -0.860. The fourth-order valence-corrected chi connectivity index (χ4v) is 3.20. The zero-order valence-electron chi connectivity index (χ0n) is 13.5. The van der Waals surface area contributed by atoms with E-state index in [4.69, 9.17) is 4.74 Å². The fraction of sp³-hybridized carbons (Fsp3) is 0.667. The van der Waals surface area contributed by atoms with Gasteiger partial charge >= 0.3 is 0 Å². The Morgan fingerprint density at radius 2 is 1.90 bits per heavy atom. The minimum atomic E-state index is 0.220. The number of hydrogen-bond acceptors (Lipinski definition) is 2. The van der Waals surface area contributed by atoms with Crippen LogP contribution in [-0.2, 0) is 4.74 Å². The summed E-state index contributed by atoms with van der Waals surface area (Å²) >= 11 is 0. The molecule has 0 heterocycles. The molecule has 0 bridgehead atoms. The van der Waals surface area contributed by atoms with Crippen LogP contribution in [0.1, 0.15) is 52.6 Å². The third-order valence-electron chi connectivity index (χ3n) is 4.75. The van der Waals surface area contributed by atoms with E-state index in [0.717, 1.165) is 13.0 Å². The van der Waals surface area contributed by atoms with Gasteiger partial charge in [-0.15, -0.1) is 0 Å². The molecule has 3 atom stereocenters. The molecule has 1 aromatic carbocycles. The van der Waals surface area contributed by atoms with Crippen LogP contribution in [0, 0.1) is 11.3 Å². The van der Waals surface area contributed by atoms with E-state index in [1.165, 1.54) is 5.56 Å². The van der Waals surface area contributed by atoms with Crippen LogP contribution in [0.3, 0.4) is 0 Å².